The first-order valence-corrected chi connectivity index (χ1v) is 7.60. The molecule has 0 unspecified atom stereocenters. The second-order valence-electron chi connectivity index (χ2n) is 5.60. The molecule has 0 saturated carbocycles. The summed E-state index contributed by atoms with van der Waals surface area (Å²) in [5, 5.41) is 14.6. The molecule has 124 valence electrons. The van der Waals surface area contributed by atoms with Gasteiger partial charge in [0.05, 0.1) is 6.61 Å². The molecule has 0 spiro atoms. The smallest absolute Gasteiger partial charge is 0.347 e. The highest BCUT2D eigenvalue weighted by molar-refractivity contribution is 5.94. The minimum Gasteiger partial charge on any atom is -0.505 e. The molecule has 0 aromatic carbocycles. The molecule has 0 amide bonds. The van der Waals surface area contributed by atoms with Crippen molar-refractivity contribution in [2.45, 2.75) is 33.7 Å². The third kappa shape index (κ3) is 3.61. The van der Waals surface area contributed by atoms with Crippen molar-refractivity contribution in [1.82, 2.24) is 14.8 Å². The number of ether oxygens (including phenoxy) is 1. The van der Waals surface area contributed by atoms with Crippen molar-refractivity contribution in [3.63, 3.8) is 0 Å². The van der Waals surface area contributed by atoms with E-state index in [1.54, 1.807) is 25.4 Å². The van der Waals surface area contributed by atoms with E-state index >= 15 is 0 Å². The summed E-state index contributed by atoms with van der Waals surface area (Å²) < 4.78 is 6.11. The van der Waals surface area contributed by atoms with E-state index in [0.717, 1.165) is 6.42 Å². The van der Waals surface area contributed by atoms with E-state index < -0.39 is 17.3 Å². The van der Waals surface area contributed by atoms with Crippen molar-refractivity contribution < 1.29 is 14.6 Å². The average molecular weight is 319 g/mol. The average Bonchev–Trinajstić information content (AvgIpc) is 3.00. The molecule has 0 bridgehead atoms. The van der Waals surface area contributed by atoms with Gasteiger partial charge in [-0.15, -0.1) is 0 Å². The Hall–Kier alpha value is -2.57. The fourth-order valence-electron chi connectivity index (χ4n) is 2.15. The Morgan fingerprint density at radius 3 is 2.78 bits per heavy atom. The van der Waals surface area contributed by atoms with E-state index in [4.69, 9.17) is 4.74 Å². The summed E-state index contributed by atoms with van der Waals surface area (Å²) in [5.41, 5.74) is -0.244. The zero-order valence-electron chi connectivity index (χ0n) is 13.5. The van der Waals surface area contributed by atoms with E-state index in [1.165, 1.54) is 4.68 Å². The van der Waals surface area contributed by atoms with Crippen LogP contribution in [-0.4, -0.2) is 32.4 Å². The Bertz CT molecular complexity index is 733. The normalized spacial score (nSPS) is 11.0. The Balaban J connectivity index is 2.59. The number of nitrogens with one attached hydrogen (secondary N) is 1. The lowest BCUT2D eigenvalue weighted by Crippen LogP contribution is -2.30. The number of nitrogens with zero attached hydrogens (tertiary/aromatic N) is 2. The van der Waals surface area contributed by atoms with E-state index in [2.05, 4.69) is 10.1 Å². The molecule has 7 heteroatoms. The van der Waals surface area contributed by atoms with Gasteiger partial charge in [0.2, 0.25) is 0 Å². The number of H-pyrrole nitrogens is 1. The Labute approximate surface area is 133 Å². The first-order valence-electron chi connectivity index (χ1n) is 7.60. The van der Waals surface area contributed by atoms with Gasteiger partial charge in [0.1, 0.15) is 5.69 Å². The summed E-state index contributed by atoms with van der Waals surface area (Å²) in [6.07, 6.45) is 4.03. The summed E-state index contributed by atoms with van der Waals surface area (Å²) in [7, 11) is 0. The molecule has 2 N–H and O–H groups in total. The van der Waals surface area contributed by atoms with Crippen LogP contribution in [0.2, 0.25) is 0 Å². The third-order valence-corrected chi connectivity index (χ3v) is 3.40. The van der Waals surface area contributed by atoms with Crippen molar-refractivity contribution in [3.05, 3.63) is 34.4 Å². The second kappa shape index (κ2) is 7.13. The van der Waals surface area contributed by atoms with Gasteiger partial charge in [0.25, 0.3) is 5.56 Å². The highest BCUT2D eigenvalue weighted by Crippen LogP contribution is 2.28. The van der Waals surface area contributed by atoms with Crippen molar-refractivity contribution in [2.24, 2.45) is 5.92 Å². The molecular weight excluding hydrogens is 298 g/mol. The Morgan fingerprint density at radius 1 is 1.48 bits per heavy atom. The van der Waals surface area contributed by atoms with Gasteiger partial charge in [0, 0.05) is 24.5 Å². The number of esters is 1. The molecule has 0 aliphatic rings. The van der Waals surface area contributed by atoms with Crippen LogP contribution in [0.15, 0.2) is 23.3 Å². The van der Waals surface area contributed by atoms with Crippen LogP contribution in [0, 0.1) is 5.92 Å². The lowest BCUT2D eigenvalue weighted by Gasteiger charge is -2.13. The van der Waals surface area contributed by atoms with Gasteiger partial charge < -0.3 is 14.8 Å². The maximum atomic E-state index is 12.5. The Morgan fingerprint density at radius 2 is 2.22 bits per heavy atom. The minimum absolute atomic E-state index is 0.117. The van der Waals surface area contributed by atoms with Crippen LogP contribution in [0.3, 0.4) is 0 Å². The maximum Gasteiger partial charge on any atom is 0.347 e. The van der Waals surface area contributed by atoms with Gasteiger partial charge in [-0.3, -0.25) is 4.79 Å². The second-order valence-corrected chi connectivity index (χ2v) is 5.60. The third-order valence-electron chi connectivity index (χ3n) is 3.40. The zero-order valence-corrected chi connectivity index (χ0v) is 13.5. The standard InChI is InChI=1S/C16H21N3O4/c1-4-23-16(22)12-14(20)13(11-5-7-17-9-11)18-19(15(12)21)8-6-10(2)3/h5,7,9-10,17,20H,4,6,8H2,1-3H3. The summed E-state index contributed by atoms with van der Waals surface area (Å²) in [5.74, 6) is -0.916. The summed E-state index contributed by atoms with van der Waals surface area (Å²) in [6.45, 7) is 6.18. The summed E-state index contributed by atoms with van der Waals surface area (Å²) in [6, 6.07) is 1.70. The number of hydrogen-bond acceptors (Lipinski definition) is 5. The highest BCUT2D eigenvalue weighted by atomic mass is 16.5. The van der Waals surface area contributed by atoms with Crippen LogP contribution < -0.4 is 5.56 Å². The first-order chi connectivity index (χ1) is 11.0. The van der Waals surface area contributed by atoms with E-state index in [1.807, 2.05) is 13.8 Å². The van der Waals surface area contributed by atoms with Crippen LogP contribution in [0.5, 0.6) is 5.75 Å². The van der Waals surface area contributed by atoms with Crippen LogP contribution in [0.25, 0.3) is 11.3 Å². The molecule has 0 radical (unpaired) electrons. The summed E-state index contributed by atoms with van der Waals surface area (Å²) in [4.78, 5) is 27.4. The molecular formula is C16H21N3O4. The number of hydrogen-bond donors (Lipinski definition) is 2. The van der Waals surface area contributed by atoms with Crippen LogP contribution in [-0.2, 0) is 11.3 Å². The van der Waals surface area contributed by atoms with Crippen LogP contribution in [0.4, 0.5) is 0 Å². The molecule has 0 aliphatic carbocycles. The maximum absolute atomic E-state index is 12.5. The highest BCUT2D eigenvalue weighted by Gasteiger charge is 2.25. The quantitative estimate of drug-likeness (QED) is 0.795. The van der Waals surface area contributed by atoms with E-state index in [0.29, 0.717) is 18.0 Å². The van der Waals surface area contributed by atoms with E-state index in [-0.39, 0.29) is 17.9 Å². The van der Waals surface area contributed by atoms with Crippen molar-refractivity contribution in [3.8, 4) is 17.0 Å². The van der Waals surface area contributed by atoms with E-state index in [9.17, 15) is 14.7 Å². The van der Waals surface area contributed by atoms with Gasteiger partial charge in [0.15, 0.2) is 11.3 Å². The lowest BCUT2D eigenvalue weighted by atomic mass is 10.1. The fraction of sp³-hybridized carbons (Fsp3) is 0.438. The number of aromatic nitrogens is 3. The first kappa shape index (κ1) is 16.8. The molecule has 2 aromatic heterocycles. The summed E-state index contributed by atoms with van der Waals surface area (Å²) >= 11 is 0. The van der Waals surface area contributed by atoms with Crippen LogP contribution >= 0.6 is 0 Å². The number of aromatic hydroxyl groups is 1. The predicted molar refractivity (Wildman–Crippen MR) is 85.4 cm³/mol. The molecule has 23 heavy (non-hydrogen) atoms. The van der Waals surface area contributed by atoms with Gasteiger partial charge >= 0.3 is 5.97 Å². The zero-order chi connectivity index (χ0) is 17.0. The number of aryl methyl sites for hydroxylation is 1. The van der Waals surface area contributed by atoms with Gasteiger partial charge in [-0.25, -0.2) is 9.48 Å². The molecule has 0 saturated heterocycles. The lowest BCUT2D eigenvalue weighted by molar-refractivity contribution is 0.0519. The fourth-order valence-corrected chi connectivity index (χ4v) is 2.15. The monoisotopic (exact) mass is 319 g/mol. The molecule has 7 nitrogen and oxygen atoms in total. The molecule has 0 atom stereocenters. The van der Waals surface area contributed by atoms with Gasteiger partial charge in [-0.2, -0.15) is 5.10 Å². The Kier molecular flexibility index (Phi) is 5.20. The number of carbonyl (C=O) groups is 1. The number of aromatic amines is 1. The topological polar surface area (TPSA) is 97.2 Å². The molecule has 0 fully saturated rings. The minimum atomic E-state index is -0.840. The van der Waals surface area contributed by atoms with Gasteiger partial charge in [-0.05, 0) is 25.3 Å². The number of carbonyl (C=O) groups excluding carboxylic acids is 1. The largest absolute Gasteiger partial charge is 0.505 e. The molecule has 2 heterocycles. The van der Waals surface area contributed by atoms with Crippen LogP contribution in [0.1, 0.15) is 37.6 Å². The SMILES string of the molecule is CCOC(=O)c1c(O)c(-c2cc[nH]c2)nn(CCC(C)C)c1=O. The molecule has 2 aromatic rings. The molecule has 0 aliphatic heterocycles. The van der Waals surface area contributed by atoms with Crippen molar-refractivity contribution >= 4 is 5.97 Å². The van der Waals surface area contributed by atoms with Crippen molar-refractivity contribution in [2.75, 3.05) is 6.61 Å². The van der Waals surface area contributed by atoms with Gasteiger partial charge in [-0.1, -0.05) is 13.8 Å². The van der Waals surface area contributed by atoms with Crippen molar-refractivity contribution in [1.29, 1.82) is 0 Å². The molecule has 2 rings (SSSR count). The number of rotatable bonds is 6. The predicted octanol–water partition coefficient (Wildman–Crippen LogP) is 2.17.